The van der Waals surface area contributed by atoms with Crippen molar-refractivity contribution in [1.82, 2.24) is 24.8 Å². The van der Waals surface area contributed by atoms with Crippen molar-refractivity contribution in [3.8, 4) is 11.5 Å². The van der Waals surface area contributed by atoms with Crippen LogP contribution in [0.15, 0.2) is 36.5 Å². The molecule has 3 aromatic heterocycles. The molecule has 1 fully saturated rings. The molecule has 130 valence electrons. The van der Waals surface area contributed by atoms with E-state index in [4.69, 9.17) is 0 Å². The van der Waals surface area contributed by atoms with Gasteiger partial charge in [0.05, 0.1) is 6.61 Å². The zero-order chi connectivity index (χ0) is 17.4. The zero-order valence-electron chi connectivity index (χ0n) is 12.9. The van der Waals surface area contributed by atoms with Gasteiger partial charge in [-0.1, -0.05) is 6.07 Å². The number of fused-ring (bicyclic) bond motifs is 1. The number of pyridine rings is 1. The fourth-order valence-electron chi connectivity index (χ4n) is 2.68. The van der Waals surface area contributed by atoms with Crippen LogP contribution in [0.25, 0.3) is 17.2 Å². The molecule has 0 atom stereocenters. The van der Waals surface area contributed by atoms with E-state index >= 15 is 0 Å². The lowest BCUT2D eigenvalue weighted by molar-refractivity contribution is -0.328. The highest BCUT2D eigenvalue weighted by Gasteiger charge is 2.35. The van der Waals surface area contributed by atoms with Gasteiger partial charge in [-0.3, -0.25) is 9.72 Å². The Morgan fingerprint density at radius 1 is 1.12 bits per heavy atom. The molecule has 0 N–H and O–H groups in total. The molecule has 0 spiro atoms. The monoisotopic (exact) mass is 350 g/mol. The summed E-state index contributed by atoms with van der Waals surface area (Å²) in [6.45, 7) is 0.569. The Morgan fingerprint density at radius 2 is 1.96 bits per heavy atom. The smallest absolute Gasteiger partial charge is 0.354 e. The minimum absolute atomic E-state index is 0.171. The Morgan fingerprint density at radius 3 is 2.68 bits per heavy atom. The van der Waals surface area contributed by atoms with Gasteiger partial charge < -0.3 is 4.90 Å². The fourth-order valence-corrected chi connectivity index (χ4v) is 2.68. The molecule has 0 aliphatic carbocycles. The summed E-state index contributed by atoms with van der Waals surface area (Å²) >= 11 is 0. The molecule has 1 aliphatic heterocycles. The standard InChI is InChI=1S/C15H13F3N6O/c16-15(17,18)25-9-10-7-23(8-10)13-5-4-12-20-21-14(24(12)22-13)11-3-1-2-6-19-11/h1-6,10H,7-9H2. The molecule has 0 aromatic carbocycles. The van der Waals surface area contributed by atoms with Gasteiger partial charge in [0, 0.05) is 25.2 Å². The molecule has 1 aliphatic rings. The van der Waals surface area contributed by atoms with Crippen molar-refractivity contribution in [3.05, 3.63) is 36.5 Å². The van der Waals surface area contributed by atoms with Gasteiger partial charge in [0.1, 0.15) is 11.5 Å². The maximum absolute atomic E-state index is 12.1. The summed E-state index contributed by atoms with van der Waals surface area (Å²) in [6, 6.07) is 8.98. The lowest BCUT2D eigenvalue weighted by Gasteiger charge is -2.39. The van der Waals surface area contributed by atoms with Gasteiger partial charge in [-0.05, 0) is 24.3 Å². The summed E-state index contributed by atoms with van der Waals surface area (Å²) in [5, 5.41) is 12.7. The maximum Gasteiger partial charge on any atom is 0.522 e. The third kappa shape index (κ3) is 3.25. The molecule has 10 heteroatoms. The minimum atomic E-state index is -4.59. The molecule has 1 saturated heterocycles. The van der Waals surface area contributed by atoms with Crippen molar-refractivity contribution in [2.45, 2.75) is 6.36 Å². The molecule has 4 heterocycles. The number of ether oxygens (including phenoxy) is 1. The first-order valence-corrected chi connectivity index (χ1v) is 7.59. The summed E-state index contributed by atoms with van der Waals surface area (Å²) in [5.74, 6) is 0.984. The van der Waals surface area contributed by atoms with Gasteiger partial charge >= 0.3 is 6.36 Å². The molecule has 3 aromatic rings. The van der Waals surface area contributed by atoms with E-state index in [0.29, 0.717) is 36.1 Å². The summed E-state index contributed by atoms with van der Waals surface area (Å²) in [7, 11) is 0. The fraction of sp³-hybridized carbons (Fsp3) is 0.333. The lowest BCUT2D eigenvalue weighted by atomic mass is 10.0. The molecule has 0 unspecified atom stereocenters. The van der Waals surface area contributed by atoms with Crippen LogP contribution >= 0.6 is 0 Å². The van der Waals surface area contributed by atoms with Crippen molar-refractivity contribution < 1.29 is 17.9 Å². The van der Waals surface area contributed by atoms with Crippen molar-refractivity contribution in [2.75, 3.05) is 24.6 Å². The third-order valence-electron chi connectivity index (χ3n) is 3.91. The Bertz CT molecular complexity index is 876. The van der Waals surface area contributed by atoms with E-state index in [2.05, 4.69) is 25.0 Å². The topological polar surface area (TPSA) is 68.4 Å². The first-order valence-electron chi connectivity index (χ1n) is 7.59. The second-order valence-corrected chi connectivity index (χ2v) is 5.73. The molecule has 0 radical (unpaired) electrons. The van der Waals surface area contributed by atoms with Gasteiger partial charge in [0.25, 0.3) is 0 Å². The maximum atomic E-state index is 12.1. The molecule has 0 bridgehead atoms. The molecular formula is C15H13F3N6O. The minimum Gasteiger partial charge on any atom is -0.354 e. The van der Waals surface area contributed by atoms with Gasteiger partial charge in [0.2, 0.25) is 5.82 Å². The van der Waals surface area contributed by atoms with Gasteiger partial charge in [-0.15, -0.1) is 28.5 Å². The number of halogens is 3. The highest BCUT2D eigenvalue weighted by molar-refractivity contribution is 5.56. The summed E-state index contributed by atoms with van der Waals surface area (Å²) < 4.78 is 41.7. The van der Waals surface area contributed by atoms with E-state index in [1.54, 1.807) is 35.0 Å². The second-order valence-electron chi connectivity index (χ2n) is 5.73. The van der Waals surface area contributed by atoms with Crippen LogP contribution in [0.3, 0.4) is 0 Å². The first-order chi connectivity index (χ1) is 12.0. The third-order valence-corrected chi connectivity index (χ3v) is 3.91. The highest BCUT2D eigenvalue weighted by Crippen LogP contribution is 2.26. The Labute approximate surface area is 140 Å². The normalized spacial score (nSPS) is 15.6. The van der Waals surface area contributed by atoms with E-state index in [0.717, 1.165) is 0 Å². The summed E-state index contributed by atoms with van der Waals surface area (Å²) in [6.07, 6.45) is -2.93. The quantitative estimate of drug-likeness (QED) is 0.718. The molecule has 0 amide bonds. The molecule has 4 rings (SSSR count). The van der Waals surface area contributed by atoms with Crippen molar-refractivity contribution in [2.24, 2.45) is 5.92 Å². The second kappa shape index (κ2) is 5.96. The number of hydrogen-bond acceptors (Lipinski definition) is 6. The predicted octanol–water partition coefficient (Wildman–Crippen LogP) is 2.16. The average Bonchev–Trinajstić information content (AvgIpc) is 2.96. The van der Waals surface area contributed by atoms with Gasteiger partial charge in [-0.25, -0.2) is 0 Å². The largest absolute Gasteiger partial charge is 0.522 e. The predicted molar refractivity (Wildman–Crippen MR) is 81.7 cm³/mol. The summed E-state index contributed by atoms with van der Waals surface area (Å²) in [4.78, 5) is 6.12. The van der Waals surface area contributed by atoms with Crippen LogP contribution in [0.2, 0.25) is 0 Å². The van der Waals surface area contributed by atoms with Crippen LogP contribution in [0.4, 0.5) is 19.0 Å². The van der Waals surface area contributed by atoms with E-state index < -0.39 is 6.36 Å². The lowest BCUT2D eigenvalue weighted by Crippen LogP contribution is -2.49. The van der Waals surface area contributed by atoms with Crippen LogP contribution in [-0.4, -0.2) is 50.9 Å². The van der Waals surface area contributed by atoms with E-state index in [1.807, 2.05) is 11.0 Å². The number of nitrogens with zero attached hydrogens (tertiary/aromatic N) is 6. The SMILES string of the molecule is FC(F)(F)OCC1CN(c2ccc3nnc(-c4ccccn4)n3n2)C1. The van der Waals surface area contributed by atoms with E-state index in [1.165, 1.54) is 0 Å². The van der Waals surface area contributed by atoms with Gasteiger partial charge in [0.15, 0.2) is 5.65 Å². The Kier molecular flexibility index (Phi) is 3.75. The summed E-state index contributed by atoms with van der Waals surface area (Å²) in [5.41, 5.74) is 1.21. The number of hydrogen-bond donors (Lipinski definition) is 0. The van der Waals surface area contributed by atoms with Crippen molar-refractivity contribution >= 4 is 11.5 Å². The highest BCUT2D eigenvalue weighted by atomic mass is 19.4. The Balaban J connectivity index is 1.51. The number of rotatable bonds is 4. The molecular weight excluding hydrogens is 337 g/mol. The number of alkyl halides is 3. The van der Waals surface area contributed by atoms with Crippen molar-refractivity contribution in [1.29, 1.82) is 0 Å². The Hall–Kier alpha value is -2.75. The van der Waals surface area contributed by atoms with Crippen LogP contribution in [-0.2, 0) is 4.74 Å². The average molecular weight is 350 g/mol. The van der Waals surface area contributed by atoms with Crippen LogP contribution in [0.5, 0.6) is 0 Å². The molecule has 0 saturated carbocycles. The van der Waals surface area contributed by atoms with Crippen LogP contribution in [0.1, 0.15) is 0 Å². The van der Waals surface area contributed by atoms with Crippen LogP contribution < -0.4 is 4.90 Å². The van der Waals surface area contributed by atoms with Crippen LogP contribution in [0, 0.1) is 5.92 Å². The van der Waals surface area contributed by atoms with E-state index in [-0.39, 0.29) is 12.5 Å². The van der Waals surface area contributed by atoms with Gasteiger partial charge in [-0.2, -0.15) is 4.52 Å². The zero-order valence-corrected chi connectivity index (χ0v) is 12.9. The first kappa shape index (κ1) is 15.8. The number of anilines is 1. The molecule has 25 heavy (non-hydrogen) atoms. The van der Waals surface area contributed by atoms with Crippen molar-refractivity contribution in [3.63, 3.8) is 0 Å². The number of aromatic nitrogens is 5. The van der Waals surface area contributed by atoms with E-state index in [9.17, 15) is 13.2 Å². The molecule has 7 nitrogen and oxygen atoms in total.